The Balaban J connectivity index is 2.10. The van der Waals surface area contributed by atoms with Crippen molar-refractivity contribution in [3.8, 4) is 5.75 Å². The number of phenols is 1. The lowest BCUT2D eigenvalue weighted by molar-refractivity contribution is 0.102. The summed E-state index contributed by atoms with van der Waals surface area (Å²) in [6.45, 7) is 1.87. The Morgan fingerprint density at radius 1 is 1.20 bits per heavy atom. The number of carbonyl (C=O) groups excluding carboxylic acids is 2. The minimum atomic E-state index is -0.640. The van der Waals surface area contributed by atoms with Crippen LogP contribution in [0.3, 0.4) is 0 Å². The molecule has 3 N–H and O–H groups in total. The van der Waals surface area contributed by atoms with Gasteiger partial charge in [-0.05, 0) is 48.4 Å². The van der Waals surface area contributed by atoms with Gasteiger partial charge in [0.2, 0.25) is 0 Å². The van der Waals surface area contributed by atoms with E-state index < -0.39 is 6.04 Å². The number of ketones is 1. The quantitative estimate of drug-likeness (QED) is 0.726. The van der Waals surface area contributed by atoms with Gasteiger partial charge in [0.1, 0.15) is 5.75 Å². The van der Waals surface area contributed by atoms with Crippen LogP contribution in [0.4, 0.5) is 4.79 Å². The van der Waals surface area contributed by atoms with E-state index >= 15 is 0 Å². The fourth-order valence-electron chi connectivity index (χ4n) is 2.88. The second-order valence-corrected chi connectivity index (χ2v) is 6.14. The molecule has 0 aliphatic carbocycles. The van der Waals surface area contributed by atoms with E-state index in [4.69, 9.17) is 11.6 Å². The largest absolute Gasteiger partial charge is 0.508 e. The topological polar surface area (TPSA) is 78.4 Å². The highest BCUT2D eigenvalue weighted by molar-refractivity contribution is 6.30. The number of amides is 2. The number of allylic oxidation sites excluding steroid dienone is 1. The molecule has 0 radical (unpaired) electrons. The third-order valence-electron chi connectivity index (χ3n) is 4.06. The molecule has 2 amide bonds. The van der Waals surface area contributed by atoms with Crippen LogP contribution >= 0.6 is 11.6 Å². The number of hydrogen-bond acceptors (Lipinski definition) is 3. The van der Waals surface area contributed by atoms with Gasteiger partial charge in [0.05, 0.1) is 6.04 Å². The zero-order valence-electron chi connectivity index (χ0n) is 13.5. The van der Waals surface area contributed by atoms with Crippen LogP contribution in [-0.4, -0.2) is 16.9 Å². The number of nitrogens with one attached hydrogen (secondary N) is 2. The van der Waals surface area contributed by atoms with E-state index in [1.807, 2.05) is 6.92 Å². The van der Waals surface area contributed by atoms with Gasteiger partial charge in [-0.3, -0.25) is 4.79 Å². The third kappa shape index (κ3) is 3.51. The molecule has 1 aliphatic heterocycles. The van der Waals surface area contributed by atoms with Crippen molar-refractivity contribution in [3.63, 3.8) is 0 Å². The molecule has 0 spiro atoms. The zero-order chi connectivity index (χ0) is 18.0. The number of aromatic hydroxyl groups is 1. The highest BCUT2D eigenvalue weighted by Crippen LogP contribution is 2.32. The molecule has 3 rings (SSSR count). The molecule has 128 valence electrons. The number of urea groups is 1. The van der Waals surface area contributed by atoms with Gasteiger partial charge in [-0.15, -0.1) is 0 Å². The summed E-state index contributed by atoms with van der Waals surface area (Å²) in [4.78, 5) is 25.1. The molecule has 1 aliphatic rings. The maximum Gasteiger partial charge on any atom is 0.319 e. The second-order valence-electron chi connectivity index (χ2n) is 5.71. The van der Waals surface area contributed by atoms with Crippen LogP contribution in [0.1, 0.15) is 35.3 Å². The number of Topliss-reactive ketones (excluding diaryl/α,β-unsaturated/α-hetero) is 1. The van der Waals surface area contributed by atoms with Gasteiger partial charge in [0.15, 0.2) is 5.78 Å². The summed E-state index contributed by atoms with van der Waals surface area (Å²) in [5, 5.41) is 15.8. The van der Waals surface area contributed by atoms with Crippen molar-refractivity contribution >= 4 is 23.4 Å². The summed E-state index contributed by atoms with van der Waals surface area (Å²) < 4.78 is 0. The minimum Gasteiger partial charge on any atom is -0.508 e. The van der Waals surface area contributed by atoms with Gasteiger partial charge in [0.25, 0.3) is 0 Å². The van der Waals surface area contributed by atoms with E-state index in [0.717, 1.165) is 0 Å². The molecule has 5 nitrogen and oxygen atoms in total. The Bertz CT molecular complexity index is 859. The first kappa shape index (κ1) is 17.0. The first-order valence-electron chi connectivity index (χ1n) is 7.89. The first-order chi connectivity index (χ1) is 12.0. The lowest BCUT2D eigenvalue weighted by Gasteiger charge is -2.29. The van der Waals surface area contributed by atoms with Crippen molar-refractivity contribution in [1.82, 2.24) is 10.6 Å². The molecule has 0 aromatic heterocycles. The fourth-order valence-corrected chi connectivity index (χ4v) is 3.00. The standard InChI is InChI=1S/C19H17ClN2O3/c1-2-15-16(18(24)11-6-8-13(20)9-7-11)17(22-19(25)21-15)12-4-3-5-14(23)10-12/h3-10,17,23H,2H2,1H3,(H2,21,22,25). The van der Waals surface area contributed by atoms with Crippen LogP contribution in [0.15, 0.2) is 59.8 Å². The van der Waals surface area contributed by atoms with Gasteiger partial charge in [-0.1, -0.05) is 30.7 Å². The molecule has 1 unspecified atom stereocenters. The Labute approximate surface area is 150 Å². The van der Waals surface area contributed by atoms with E-state index in [1.54, 1.807) is 42.5 Å². The van der Waals surface area contributed by atoms with Crippen molar-refractivity contribution in [1.29, 1.82) is 0 Å². The SMILES string of the molecule is CCC1=C(C(=O)c2ccc(Cl)cc2)C(c2cccc(O)c2)NC(=O)N1. The number of carbonyl (C=O) groups is 2. The van der Waals surface area contributed by atoms with Crippen molar-refractivity contribution in [2.45, 2.75) is 19.4 Å². The molecule has 0 bridgehead atoms. The van der Waals surface area contributed by atoms with Gasteiger partial charge in [0, 0.05) is 21.9 Å². The van der Waals surface area contributed by atoms with Crippen LogP contribution in [0.5, 0.6) is 5.75 Å². The molecule has 0 saturated carbocycles. The number of benzene rings is 2. The highest BCUT2D eigenvalue weighted by atomic mass is 35.5. The van der Waals surface area contributed by atoms with Gasteiger partial charge in [-0.2, -0.15) is 0 Å². The van der Waals surface area contributed by atoms with E-state index in [2.05, 4.69) is 10.6 Å². The van der Waals surface area contributed by atoms with Crippen LogP contribution in [-0.2, 0) is 0 Å². The number of halogens is 1. The number of phenolic OH excluding ortho intramolecular Hbond substituents is 1. The Morgan fingerprint density at radius 3 is 2.56 bits per heavy atom. The summed E-state index contributed by atoms with van der Waals surface area (Å²) in [5.41, 5.74) is 2.14. The van der Waals surface area contributed by atoms with E-state index in [1.165, 1.54) is 6.07 Å². The van der Waals surface area contributed by atoms with Gasteiger partial charge in [-0.25, -0.2) is 4.79 Å². The number of hydrogen-bond donors (Lipinski definition) is 3. The van der Waals surface area contributed by atoms with Crippen LogP contribution < -0.4 is 10.6 Å². The molecule has 6 heteroatoms. The average Bonchev–Trinajstić information content (AvgIpc) is 2.61. The fraction of sp³-hybridized carbons (Fsp3) is 0.158. The van der Waals surface area contributed by atoms with Crippen molar-refractivity contribution < 1.29 is 14.7 Å². The summed E-state index contributed by atoms with van der Waals surface area (Å²) in [5.74, 6) is -0.129. The average molecular weight is 357 g/mol. The van der Waals surface area contributed by atoms with Crippen molar-refractivity contribution in [2.75, 3.05) is 0 Å². The molecule has 2 aromatic carbocycles. The molecule has 1 heterocycles. The maximum atomic E-state index is 13.1. The van der Waals surface area contributed by atoms with Crippen molar-refractivity contribution in [2.24, 2.45) is 0 Å². The summed E-state index contributed by atoms with van der Waals surface area (Å²) in [7, 11) is 0. The first-order valence-corrected chi connectivity index (χ1v) is 8.27. The van der Waals surface area contributed by atoms with Gasteiger partial charge < -0.3 is 15.7 Å². The van der Waals surface area contributed by atoms with Crippen LogP contribution in [0.25, 0.3) is 0 Å². The highest BCUT2D eigenvalue weighted by Gasteiger charge is 2.32. The third-order valence-corrected chi connectivity index (χ3v) is 4.31. The predicted octanol–water partition coefficient (Wildman–Crippen LogP) is 3.95. The Morgan fingerprint density at radius 2 is 1.92 bits per heavy atom. The minimum absolute atomic E-state index is 0.0709. The molecule has 2 aromatic rings. The van der Waals surface area contributed by atoms with E-state index in [0.29, 0.717) is 33.8 Å². The predicted molar refractivity (Wildman–Crippen MR) is 95.6 cm³/mol. The van der Waals surface area contributed by atoms with Crippen LogP contribution in [0, 0.1) is 0 Å². The van der Waals surface area contributed by atoms with E-state index in [-0.39, 0.29) is 17.6 Å². The maximum absolute atomic E-state index is 13.1. The molecule has 25 heavy (non-hydrogen) atoms. The summed E-state index contributed by atoms with van der Waals surface area (Å²) in [6, 6.07) is 12.1. The normalized spacial score (nSPS) is 17.0. The smallest absolute Gasteiger partial charge is 0.319 e. The molecular formula is C19H17ClN2O3. The summed E-state index contributed by atoms with van der Waals surface area (Å²) >= 11 is 5.90. The Hall–Kier alpha value is -2.79. The molecule has 0 fully saturated rings. The second kappa shape index (κ2) is 6.99. The van der Waals surface area contributed by atoms with E-state index in [9.17, 15) is 14.7 Å². The van der Waals surface area contributed by atoms with Gasteiger partial charge >= 0.3 is 6.03 Å². The lowest BCUT2D eigenvalue weighted by Crippen LogP contribution is -2.45. The zero-order valence-corrected chi connectivity index (χ0v) is 14.3. The molecular weight excluding hydrogens is 340 g/mol. The lowest BCUT2D eigenvalue weighted by atomic mass is 9.88. The van der Waals surface area contributed by atoms with Crippen molar-refractivity contribution in [3.05, 3.63) is 76.0 Å². The molecule has 1 atom stereocenters. The van der Waals surface area contributed by atoms with Crippen LogP contribution in [0.2, 0.25) is 5.02 Å². The monoisotopic (exact) mass is 356 g/mol. The summed E-state index contributed by atoms with van der Waals surface area (Å²) in [6.07, 6.45) is 0.497. The number of rotatable bonds is 4. The Kier molecular flexibility index (Phi) is 4.76. The molecule has 0 saturated heterocycles.